The van der Waals surface area contributed by atoms with Gasteiger partial charge in [-0.25, -0.2) is 0 Å². The van der Waals surface area contributed by atoms with Crippen molar-refractivity contribution in [2.24, 2.45) is 0 Å². The maximum absolute atomic E-state index is 12.1. The summed E-state index contributed by atoms with van der Waals surface area (Å²) in [5, 5.41) is 2.78. The number of amides is 2. The SMILES string of the molecule is CCCCCCN1CCC(=O)NC(CC)C1=O. The first-order chi connectivity index (χ1) is 8.19. The summed E-state index contributed by atoms with van der Waals surface area (Å²) in [4.78, 5) is 25.4. The summed E-state index contributed by atoms with van der Waals surface area (Å²) in [6.07, 6.45) is 5.75. The van der Waals surface area contributed by atoms with Crippen molar-refractivity contribution in [2.75, 3.05) is 13.1 Å². The summed E-state index contributed by atoms with van der Waals surface area (Å²) in [5.74, 6) is 0.0936. The minimum Gasteiger partial charge on any atom is -0.344 e. The number of carbonyl (C=O) groups is 2. The molecule has 2 amide bonds. The summed E-state index contributed by atoms with van der Waals surface area (Å²) in [5.41, 5.74) is 0. The van der Waals surface area contributed by atoms with Gasteiger partial charge in [-0.15, -0.1) is 0 Å². The molecule has 0 aromatic carbocycles. The first-order valence-electron chi connectivity index (χ1n) is 6.77. The fourth-order valence-electron chi connectivity index (χ4n) is 2.12. The van der Waals surface area contributed by atoms with Gasteiger partial charge in [0.05, 0.1) is 0 Å². The molecule has 1 atom stereocenters. The van der Waals surface area contributed by atoms with Gasteiger partial charge in [-0.3, -0.25) is 9.59 Å². The Balaban J connectivity index is 2.46. The maximum Gasteiger partial charge on any atom is 0.245 e. The summed E-state index contributed by atoms with van der Waals surface area (Å²) in [6.45, 7) is 5.48. The third kappa shape index (κ3) is 4.36. The van der Waals surface area contributed by atoms with Crippen LogP contribution in [0.3, 0.4) is 0 Å². The van der Waals surface area contributed by atoms with E-state index >= 15 is 0 Å². The van der Waals surface area contributed by atoms with Crippen molar-refractivity contribution in [2.45, 2.75) is 58.4 Å². The molecule has 17 heavy (non-hydrogen) atoms. The third-order valence-electron chi connectivity index (χ3n) is 3.24. The van der Waals surface area contributed by atoms with E-state index in [2.05, 4.69) is 12.2 Å². The molecule has 4 heteroatoms. The van der Waals surface area contributed by atoms with E-state index in [0.717, 1.165) is 13.0 Å². The van der Waals surface area contributed by atoms with Crippen LogP contribution in [0.25, 0.3) is 0 Å². The molecule has 1 rings (SSSR count). The van der Waals surface area contributed by atoms with Gasteiger partial charge < -0.3 is 10.2 Å². The highest BCUT2D eigenvalue weighted by molar-refractivity contribution is 5.89. The Morgan fingerprint density at radius 1 is 1.24 bits per heavy atom. The largest absolute Gasteiger partial charge is 0.344 e. The molecule has 98 valence electrons. The van der Waals surface area contributed by atoms with Crippen LogP contribution in [0.1, 0.15) is 52.4 Å². The van der Waals surface area contributed by atoms with Crippen LogP contribution in [0.4, 0.5) is 0 Å². The topological polar surface area (TPSA) is 49.4 Å². The monoisotopic (exact) mass is 240 g/mol. The molecule has 1 fully saturated rings. The van der Waals surface area contributed by atoms with Gasteiger partial charge in [-0.2, -0.15) is 0 Å². The average Bonchev–Trinajstić information content (AvgIpc) is 2.46. The van der Waals surface area contributed by atoms with Crippen LogP contribution in [0, 0.1) is 0 Å². The standard InChI is InChI=1S/C13H24N2O2/c1-3-5-6-7-9-15-10-8-12(16)14-11(4-2)13(15)17/h11H,3-10H2,1-2H3,(H,14,16). The molecule has 0 radical (unpaired) electrons. The molecule has 1 saturated heterocycles. The van der Waals surface area contributed by atoms with Gasteiger partial charge in [-0.05, 0) is 12.8 Å². The van der Waals surface area contributed by atoms with Gasteiger partial charge in [0.1, 0.15) is 6.04 Å². The molecule has 0 saturated carbocycles. The van der Waals surface area contributed by atoms with Crippen molar-refractivity contribution in [3.63, 3.8) is 0 Å². The summed E-state index contributed by atoms with van der Waals surface area (Å²) >= 11 is 0. The Morgan fingerprint density at radius 2 is 2.00 bits per heavy atom. The first-order valence-corrected chi connectivity index (χ1v) is 6.77. The second-order valence-corrected chi connectivity index (χ2v) is 4.66. The number of nitrogens with one attached hydrogen (secondary N) is 1. The Bertz CT molecular complexity index is 266. The van der Waals surface area contributed by atoms with E-state index in [0.29, 0.717) is 19.4 Å². The fraction of sp³-hybridized carbons (Fsp3) is 0.846. The molecule has 0 bridgehead atoms. The van der Waals surface area contributed by atoms with E-state index in [1.54, 1.807) is 0 Å². The summed E-state index contributed by atoms with van der Waals surface area (Å²) in [7, 11) is 0. The van der Waals surface area contributed by atoms with Crippen molar-refractivity contribution in [3.8, 4) is 0 Å². The number of unbranched alkanes of at least 4 members (excludes halogenated alkanes) is 3. The molecule has 1 aliphatic rings. The van der Waals surface area contributed by atoms with E-state index in [1.807, 2.05) is 11.8 Å². The van der Waals surface area contributed by atoms with Gasteiger partial charge in [0.2, 0.25) is 11.8 Å². The molecule has 0 aromatic rings. The molecular formula is C13H24N2O2. The lowest BCUT2D eigenvalue weighted by atomic mass is 10.1. The van der Waals surface area contributed by atoms with Crippen LogP contribution >= 0.6 is 0 Å². The number of hydrogen-bond donors (Lipinski definition) is 1. The Morgan fingerprint density at radius 3 is 2.65 bits per heavy atom. The van der Waals surface area contributed by atoms with Crippen LogP contribution in [0.5, 0.6) is 0 Å². The minimum atomic E-state index is -0.309. The lowest BCUT2D eigenvalue weighted by molar-refractivity contribution is -0.133. The summed E-state index contributed by atoms with van der Waals surface area (Å²) < 4.78 is 0. The highest BCUT2D eigenvalue weighted by atomic mass is 16.2. The fourth-order valence-corrected chi connectivity index (χ4v) is 2.12. The second-order valence-electron chi connectivity index (χ2n) is 4.66. The zero-order valence-electron chi connectivity index (χ0n) is 11.0. The van der Waals surface area contributed by atoms with Crippen LogP contribution in [0.2, 0.25) is 0 Å². The van der Waals surface area contributed by atoms with Gasteiger partial charge in [0.15, 0.2) is 0 Å². The Hall–Kier alpha value is -1.06. The zero-order chi connectivity index (χ0) is 12.7. The predicted octanol–water partition coefficient (Wildman–Crippen LogP) is 1.69. The third-order valence-corrected chi connectivity index (χ3v) is 3.24. The quantitative estimate of drug-likeness (QED) is 0.718. The Kier molecular flexibility index (Phi) is 6.01. The first kappa shape index (κ1) is 14.0. The molecule has 1 heterocycles. The average molecular weight is 240 g/mol. The number of carbonyl (C=O) groups excluding carboxylic acids is 2. The van der Waals surface area contributed by atoms with E-state index in [4.69, 9.17) is 0 Å². The normalized spacial score (nSPS) is 21.3. The molecule has 0 aromatic heterocycles. The van der Waals surface area contributed by atoms with Crippen molar-refractivity contribution >= 4 is 11.8 Å². The Labute approximate surface area is 104 Å². The van der Waals surface area contributed by atoms with Gasteiger partial charge in [-0.1, -0.05) is 33.1 Å². The zero-order valence-corrected chi connectivity index (χ0v) is 11.0. The minimum absolute atomic E-state index is 0.00116. The molecule has 1 N–H and O–H groups in total. The molecule has 0 aliphatic carbocycles. The maximum atomic E-state index is 12.1. The number of nitrogens with zero attached hydrogens (tertiary/aromatic N) is 1. The lowest BCUT2D eigenvalue weighted by Crippen LogP contribution is -2.44. The van der Waals surface area contributed by atoms with E-state index in [-0.39, 0.29) is 17.9 Å². The highest BCUT2D eigenvalue weighted by Crippen LogP contribution is 2.09. The van der Waals surface area contributed by atoms with Gasteiger partial charge in [0, 0.05) is 19.5 Å². The van der Waals surface area contributed by atoms with Crippen molar-refractivity contribution < 1.29 is 9.59 Å². The van der Waals surface area contributed by atoms with Crippen LogP contribution in [0.15, 0.2) is 0 Å². The molecule has 1 unspecified atom stereocenters. The van der Waals surface area contributed by atoms with E-state index < -0.39 is 0 Å². The molecule has 0 spiro atoms. The van der Waals surface area contributed by atoms with Crippen LogP contribution in [-0.4, -0.2) is 35.8 Å². The highest BCUT2D eigenvalue weighted by Gasteiger charge is 2.27. The van der Waals surface area contributed by atoms with E-state index in [1.165, 1.54) is 19.3 Å². The molecule has 1 aliphatic heterocycles. The second kappa shape index (κ2) is 7.30. The van der Waals surface area contributed by atoms with Crippen LogP contribution in [-0.2, 0) is 9.59 Å². The lowest BCUT2D eigenvalue weighted by Gasteiger charge is -2.23. The molecular weight excluding hydrogens is 216 g/mol. The van der Waals surface area contributed by atoms with Gasteiger partial charge >= 0.3 is 0 Å². The summed E-state index contributed by atoms with van der Waals surface area (Å²) in [6, 6.07) is -0.309. The van der Waals surface area contributed by atoms with Crippen molar-refractivity contribution in [1.29, 1.82) is 0 Å². The molecule has 4 nitrogen and oxygen atoms in total. The predicted molar refractivity (Wildman–Crippen MR) is 67.6 cm³/mol. The van der Waals surface area contributed by atoms with Crippen molar-refractivity contribution in [1.82, 2.24) is 10.2 Å². The number of rotatable bonds is 6. The van der Waals surface area contributed by atoms with E-state index in [9.17, 15) is 9.59 Å². The van der Waals surface area contributed by atoms with Crippen LogP contribution < -0.4 is 5.32 Å². The van der Waals surface area contributed by atoms with Gasteiger partial charge in [0.25, 0.3) is 0 Å². The smallest absolute Gasteiger partial charge is 0.245 e. The van der Waals surface area contributed by atoms with Crippen molar-refractivity contribution in [3.05, 3.63) is 0 Å². The number of hydrogen-bond acceptors (Lipinski definition) is 2.